The number of rotatable bonds is 3. The lowest BCUT2D eigenvalue weighted by molar-refractivity contribution is -0.133. The Labute approximate surface area is 122 Å². The molecule has 0 aliphatic carbocycles. The monoisotopic (exact) mass is 296 g/mol. The van der Waals surface area contributed by atoms with Crippen molar-refractivity contribution < 1.29 is 9.59 Å². The van der Waals surface area contributed by atoms with Gasteiger partial charge in [0.25, 0.3) is 5.91 Å². The Balaban J connectivity index is 2.20. The van der Waals surface area contributed by atoms with E-state index >= 15 is 0 Å². The molecule has 1 saturated heterocycles. The molecule has 1 N–H and O–H groups in total. The summed E-state index contributed by atoms with van der Waals surface area (Å²) in [7, 11) is 1.73. The number of aromatic nitrogens is 1. The molecule has 1 aromatic rings. The third kappa shape index (κ3) is 3.01. The topological polar surface area (TPSA) is 65.5 Å². The molecule has 0 spiro atoms. The molecule has 1 fully saturated rings. The number of anilines is 1. The molecule has 2 heterocycles. The van der Waals surface area contributed by atoms with E-state index in [-0.39, 0.29) is 18.4 Å². The highest BCUT2D eigenvalue weighted by Gasteiger charge is 2.27. The van der Waals surface area contributed by atoms with Crippen LogP contribution in [0, 0.1) is 0 Å². The SMILES string of the molecule is CCNc1cc(C(=O)N2CCN(C)C(=O)C2)c(Cl)cn1. The largest absolute Gasteiger partial charge is 0.370 e. The van der Waals surface area contributed by atoms with E-state index < -0.39 is 0 Å². The predicted octanol–water partition coefficient (Wildman–Crippen LogP) is 1.08. The van der Waals surface area contributed by atoms with Gasteiger partial charge in [0.2, 0.25) is 5.91 Å². The van der Waals surface area contributed by atoms with Crippen LogP contribution in [-0.4, -0.2) is 59.8 Å². The van der Waals surface area contributed by atoms with Crippen LogP contribution in [0.3, 0.4) is 0 Å². The maximum atomic E-state index is 12.4. The van der Waals surface area contributed by atoms with Crippen LogP contribution >= 0.6 is 11.6 Å². The number of nitrogens with one attached hydrogen (secondary N) is 1. The summed E-state index contributed by atoms with van der Waals surface area (Å²) >= 11 is 6.04. The first-order valence-electron chi connectivity index (χ1n) is 6.45. The third-order valence-corrected chi connectivity index (χ3v) is 3.49. The lowest BCUT2D eigenvalue weighted by Crippen LogP contribution is -2.50. The van der Waals surface area contributed by atoms with E-state index in [2.05, 4.69) is 10.3 Å². The highest BCUT2D eigenvalue weighted by Crippen LogP contribution is 2.20. The van der Waals surface area contributed by atoms with Crippen molar-refractivity contribution >= 4 is 29.2 Å². The smallest absolute Gasteiger partial charge is 0.256 e. The highest BCUT2D eigenvalue weighted by molar-refractivity contribution is 6.33. The number of nitrogens with zero attached hydrogens (tertiary/aromatic N) is 3. The number of halogens is 1. The summed E-state index contributed by atoms with van der Waals surface area (Å²) in [6.07, 6.45) is 1.45. The van der Waals surface area contributed by atoms with Gasteiger partial charge in [0.1, 0.15) is 12.4 Å². The lowest BCUT2D eigenvalue weighted by Gasteiger charge is -2.32. The molecule has 20 heavy (non-hydrogen) atoms. The fourth-order valence-electron chi connectivity index (χ4n) is 1.98. The Morgan fingerprint density at radius 2 is 2.25 bits per heavy atom. The van der Waals surface area contributed by atoms with Crippen LogP contribution in [0.5, 0.6) is 0 Å². The Morgan fingerprint density at radius 1 is 1.50 bits per heavy atom. The molecule has 2 amide bonds. The number of hydrogen-bond acceptors (Lipinski definition) is 4. The zero-order chi connectivity index (χ0) is 14.7. The lowest BCUT2D eigenvalue weighted by atomic mass is 10.2. The van der Waals surface area contributed by atoms with Gasteiger partial charge in [0.05, 0.1) is 10.6 Å². The van der Waals surface area contributed by atoms with Crippen LogP contribution in [0.25, 0.3) is 0 Å². The summed E-state index contributed by atoms with van der Waals surface area (Å²) < 4.78 is 0. The first kappa shape index (κ1) is 14.6. The van der Waals surface area contributed by atoms with Crippen LogP contribution in [0.15, 0.2) is 12.3 Å². The van der Waals surface area contributed by atoms with Gasteiger partial charge >= 0.3 is 0 Å². The summed E-state index contributed by atoms with van der Waals surface area (Å²) in [4.78, 5) is 31.3. The van der Waals surface area contributed by atoms with Gasteiger partial charge in [-0.1, -0.05) is 11.6 Å². The van der Waals surface area contributed by atoms with E-state index in [1.165, 1.54) is 11.1 Å². The maximum absolute atomic E-state index is 12.4. The molecule has 0 radical (unpaired) electrons. The van der Waals surface area contributed by atoms with Gasteiger partial charge in [-0.05, 0) is 13.0 Å². The molecule has 108 valence electrons. The quantitative estimate of drug-likeness (QED) is 0.906. The Hall–Kier alpha value is -1.82. The molecular formula is C13H17ClN4O2. The minimum atomic E-state index is -0.238. The van der Waals surface area contributed by atoms with Gasteiger partial charge in [0.15, 0.2) is 0 Å². The van der Waals surface area contributed by atoms with Crippen molar-refractivity contribution in [3.63, 3.8) is 0 Å². The number of hydrogen-bond donors (Lipinski definition) is 1. The molecule has 1 aliphatic rings. The number of carbonyl (C=O) groups is 2. The van der Waals surface area contributed by atoms with Crippen LogP contribution in [0.1, 0.15) is 17.3 Å². The minimum Gasteiger partial charge on any atom is -0.370 e. The highest BCUT2D eigenvalue weighted by atomic mass is 35.5. The first-order chi connectivity index (χ1) is 9.52. The van der Waals surface area contributed by atoms with Gasteiger partial charge in [0, 0.05) is 32.9 Å². The molecular weight excluding hydrogens is 280 g/mol. The van der Waals surface area contributed by atoms with Crippen molar-refractivity contribution in [1.29, 1.82) is 0 Å². The number of pyridine rings is 1. The van der Waals surface area contributed by atoms with Gasteiger partial charge in [-0.15, -0.1) is 0 Å². The van der Waals surface area contributed by atoms with Crippen LogP contribution in [-0.2, 0) is 4.79 Å². The van der Waals surface area contributed by atoms with Crippen molar-refractivity contribution in [1.82, 2.24) is 14.8 Å². The van der Waals surface area contributed by atoms with E-state index in [1.54, 1.807) is 18.0 Å². The molecule has 7 heteroatoms. The normalized spacial score (nSPS) is 15.4. The van der Waals surface area contributed by atoms with Gasteiger partial charge in [-0.2, -0.15) is 0 Å². The molecule has 0 unspecified atom stereocenters. The second-order valence-corrected chi connectivity index (χ2v) is 5.03. The summed E-state index contributed by atoms with van der Waals surface area (Å²) in [5.41, 5.74) is 0.370. The van der Waals surface area contributed by atoms with Crippen molar-refractivity contribution in [2.45, 2.75) is 6.92 Å². The van der Waals surface area contributed by atoms with E-state index in [4.69, 9.17) is 11.6 Å². The minimum absolute atomic E-state index is 0.0679. The predicted molar refractivity (Wildman–Crippen MR) is 77.0 cm³/mol. The fourth-order valence-corrected chi connectivity index (χ4v) is 2.17. The molecule has 0 atom stereocenters. The molecule has 0 bridgehead atoms. The average Bonchev–Trinajstić information content (AvgIpc) is 2.43. The van der Waals surface area contributed by atoms with E-state index in [9.17, 15) is 9.59 Å². The Bertz CT molecular complexity index is 535. The average molecular weight is 297 g/mol. The molecule has 0 aromatic carbocycles. The summed E-state index contributed by atoms with van der Waals surface area (Å²) in [5.74, 6) is 0.292. The van der Waals surface area contributed by atoms with Crippen molar-refractivity contribution in [3.8, 4) is 0 Å². The second-order valence-electron chi connectivity index (χ2n) is 4.62. The molecule has 1 aromatic heterocycles. The third-order valence-electron chi connectivity index (χ3n) is 3.19. The number of likely N-dealkylation sites (N-methyl/N-ethyl adjacent to an activating group) is 1. The van der Waals surface area contributed by atoms with Crippen molar-refractivity contribution in [2.75, 3.05) is 38.5 Å². The first-order valence-corrected chi connectivity index (χ1v) is 6.83. The van der Waals surface area contributed by atoms with Crippen molar-refractivity contribution in [2.24, 2.45) is 0 Å². The van der Waals surface area contributed by atoms with Crippen molar-refractivity contribution in [3.05, 3.63) is 22.8 Å². The van der Waals surface area contributed by atoms with E-state index in [0.717, 1.165) is 0 Å². The zero-order valence-electron chi connectivity index (χ0n) is 11.5. The maximum Gasteiger partial charge on any atom is 0.256 e. The van der Waals surface area contributed by atoms with Gasteiger partial charge in [-0.25, -0.2) is 4.98 Å². The molecule has 1 aliphatic heterocycles. The van der Waals surface area contributed by atoms with Crippen LogP contribution in [0.4, 0.5) is 5.82 Å². The number of carbonyl (C=O) groups excluding carboxylic acids is 2. The number of amides is 2. The molecule has 0 saturated carbocycles. The molecule has 2 rings (SSSR count). The van der Waals surface area contributed by atoms with Gasteiger partial charge < -0.3 is 15.1 Å². The molecule has 6 nitrogen and oxygen atoms in total. The summed E-state index contributed by atoms with van der Waals surface area (Å²) in [5, 5.41) is 3.33. The van der Waals surface area contributed by atoms with Crippen LogP contribution < -0.4 is 5.32 Å². The zero-order valence-corrected chi connectivity index (χ0v) is 12.3. The number of piperazine rings is 1. The summed E-state index contributed by atoms with van der Waals surface area (Å²) in [6, 6.07) is 1.62. The summed E-state index contributed by atoms with van der Waals surface area (Å²) in [6.45, 7) is 3.78. The Kier molecular flexibility index (Phi) is 4.44. The van der Waals surface area contributed by atoms with Crippen LogP contribution in [0.2, 0.25) is 5.02 Å². The Morgan fingerprint density at radius 3 is 2.90 bits per heavy atom. The van der Waals surface area contributed by atoms with Gasteiger partial charge in [-0.3, -0.25) is 9.59 Å². The van der Waals surface area contributed by atoms with E-state index in [0.29, 0.717) is 36.0 Å². The van der Waals surface area contributed by atoms with E-state index in [1.807, 2.05) is 6.92 Å². The standard InChI is InChI=1S/C13H17ClN4O2/c1-3-15-11-6-9(10(14)7-16-11)13(20)18-5-4-17(2)12(19)8-18/h6-7H,3-5,8H2,1-2H3,(H,15,16). The fraction of sp³-hybridized carbons (Fsp3) is 0.462. The second kappa shape index (κ2) is 6.09.